The largest absolute Gasteiger partial charge is 0.493 e. The van der Waals surface area contributed by atoms with E-state index < -0.39 is 0 Å². The van der Waals surface area contributed by atoms with Gasteiger partial charge in [0.1, 0.15) is 0 Å². The maximum absolute atomic E-state index is 11.8. The Morgan fingerprint density at radius 3 is 2.62 bits per heavy atom. The number of hydrogen-bond acceptors (Lipinski definition) is 4. The van der Waals surface area contributed by atoms with Gasteiger partial charge in [0.25, 0.3) is 5.91 Å². The summed E-state index contributed by atoms with van der Waals surface area (Å²) in [7, 11) is 1.59. The summed E-state index contributed by atoms with van der Waals surface area (Å²) in [5.41, 5.74) is 4.20. The number of hydroxylamine groups is 1. The predicted octanol–water partition coefficient (Wildman–Crippen LogP) is 3.36. The van der Waals surface area contributed by atoms with E-state index in [0.717, 1.165) is 11.1 Å². The first-order valence-electron chi connectivity index (χ1n) is 7.67. The summed E-state index contributed by atoms with van der Waals surface area (Å²) in [5, 5.41) is 0. The molecular weight excluding hydrogens is 306 g/mol. The van der Waals surface area contributed by atoms with Crippen LogP contribution in [0.15, 0.2) is 54.6 Å². The molecule has 0 aliphatic heterocycles. The standard InChI is InChI=1S/C19H21NO4/c1-3-23-18-13-15(9-11-17(18)22-2)10-12-19(21)20-24-14-16-7-5-4-6-8-16/h4-13H,3,14H2,1-2H3,(H,20,21). The number of nitrogens with one attached hydrogen (secondary N) is 1. The second-order valence-corrected chi connectivity index (χ2v) is 4.92. The Morgan fingerprint density at radius 2 is 1.92 bits per heavy atom. The highest BCUT2D eigenvalue weighted by molar-refractivity contribution is 5.91. The SMILES string of the molecule is CCOc1cc(C=CC(=O)NOCc2ccccc2)ccc1OC. The summed E-state index contributed by atoms with van der Waals surface area (Å²) in [6.45, 7) is 2.76. The topological polar surface area (TPSA) is 56.8 Å². The first kappa shape index (κ1) is 17.6. The number of carbonyl (C=O) groups is 1. The van der Waals surface area contributed by atoms with Crippen LogP contribution < -0.4 is 15.0 Å². The molecule has 0 bridgehead atoms. The van der Waals surface area contributed by atoms with Crippen molar-refractivity contribution in [2.75, 3.05) is 13.7 Å². The summed E-state index contributed by atoms with van der Waals surface area (Å²) in [5.74, 6) is 0.965. The lowest BCUT2D eigenvalue weighted by Crippen LogP contribution is -2.21. The van der Waals surface area contributed by atoms with Crippen LogP contribution in [0.1, 0.15) is 18.1 Å². The van der Waals surface area contributed by atoms with Gasteiger partial charge >= 0.3 is 0 Å². The second kappa shape index (κ2) is 9.37. The highest BCUT2D eigenvalue weighted by Crippen LogP contribution is 2.28. The quantitative estimate of drug-likeness (QED) is 0.597. The van der Waals surface area contributed by atoms with Gasteiger partial charge in [-0.3, -0.25) is 9.63 Å². The van der Waals surface area contributed by atoms with Crippen molar-refractivity contribution in [2.45, 2.75) is 13.5 Å². The van der Waals surface area contributed by atoms with Crippen molar-refractivity contribution in [3.05, 3.63) is 65.7 Å². The molecule has 1 amide bonds. The summed E-state index contributed by atoms with van der Waals surface area (Å²) >= 11 is 0. The van der Waals surface area contributed by atoms with E-state index in [0.29, 0.717) is 24.7 Å². The van der Waals surface area contributed by atoms with E-state index in [-0.39, 0.29) is 5.91 Å². The molecule has 0 radical (unpaired) electrons. The van der Waals surface area contributed by atoms with Crippen LogP contribution in [0.4, 0.5) is 0 Å². The molecule has 5 heteroatoms. The van der Waals surface area contributed by atoms with Crippen LogP contribution in [0.5, 0.6) is 11.5 Å². The Labute approximate surface area is 141 Å². The van der Waals surface area contributed by atoms with Crippen molar-refractivity contribution < 1.29 is 19.1 Å². The molecule has 126 valence electrons. The molecule has 0 aromatic heterocycles. The molecule has 2 aromatic carbocycles. The molecule has 0 saturated carbocycles. The molecule has 5 nitrogen and oxygen atoms in total. The third-order valence-corrected chi connectivity index (χ3v) is 3.17. The summed E-state index contributed by atoms with van der Waals surface area (Å²) in [4.78, 5) is 16.9. The van der Waals surface area contributed by atoms with Gasteiger partial charge in [-0.15, -0.1) is 0 Å². The van der Waals surface area contributed by atoms with Crippen LogP contribution in [-0.4, -0.2) is 19.6 Å². The van der Waals surface area contributed by atoms with E-state index in [9.17, 15) is 4.79 Å². The maximum atomic E-state index is 11.8. The lowest BCUT2D eigenvalue weighted by molar-refractivity contribution is -0.129. The van der Waals surface area contributed by atoms with Gasteiger partial charge in [0.2, 0.25) is 0 Å². The molecule has 0 unspecified atom stereocenters. The highest BCUT2D eigenvalue weighted by atomic mass is 16.6. The van der Waals surface area contributed by atoms with Crippen LogP contribution in [0.2, 0.25) is 0 Å². The first-order valence-corrected chi connectivity index (χ1v) is 7.67. The zero-order chi connectivity index (χ0) is 17.2. The van der Waals surface area contributed by atoms with Gasteiger partial charge in [0, 0.05) is 6.08 Å². The van der Waals surface area contributed by atoms with Crippen molar-refractivity contribution in [1.29, 1.82) is 0 Å². The van der Waals surface area contributed by atoms with Gasteiger partial charge in [-0.05, 0) is 36.3 Å². The molecule has 0 fully saturated rings. The average molecular weight is 327 g/mol. The third kappa shape index (κ3) is 5.44. The van der Waals surface area contributed by atoms with Gasteiger partial charge in [-0.25, -0.2) is 5.48 Å². The average Bonchev–Trinajstić information content (AvgIpc) is 2.61. The van der Waals surface area contributed by atoms with E-state index in [1.54, 1.807) is 19.3 Å². The van der Waals surface area contributed by atoms with Crippen molar-refractivity contribution in [1.82, 2.24) is 5.48 Å². The Morgan fingerprint density at radius 1 is 1.12 bits per heavy atom. The number of benzene rings is 2. The molecule has 24 heavy (non-hydrogen) atoms. The smallest absolute Gasteiger partial charge is 0.267 e. The van der Waals surface area contributed by atoms with Crippen molar-refractivity contribution in [3.8, 4) is 11.5 Å². The Bertz CT molecular complexity index is 683. The lowest BCUT2D eigenvalue weighted by Gasteiger charge is -2.09. The van der Waals surface area contributed by atoms with Crippen molar-refractivity contribution >= 4 is 12.0 Å². The summed E-state index contributed by atoms with van der Waals surface area (Å²) < 4.78 is 10.7. The number of ether oxygens (including phenoxy) is 2. The van der Waals surface area contributed by atoms with E-state index in [1.807, 2.05) is 49.4 Å². The van der Waals surface area contributed by atoms with Gasteiger partial charge in [0.05, 0.1) is 20.3 Å². The van der Waals surface area contributed by atoms with Gasteiger partial charge < -0.3 is 9.47 Å². The molecule has 2 aromatic rings. The fraction of sp³-hybridized carbons (Fsp3) is 0.211. The third-order valence-electron chi connectivity index (χ3n) is 3.17. The Kier molecular flexibility index (Phi) is 6.86. The minimum atomic E-state index is -0.334. The fourth-order valence-electron chi connectivity index (χ4n) is 2.04. The van der Waals surface area contributed by atoms with Crippen LogP contribution in [0.3, 0.4) is 0 Å². The number of rotatable bonds is 8. The van der Waals surface area contributed by atoms with E-state index >= 15 is 0 Å². The number of amides is 1. The Balaban J connectivity index is 1.87. The minimum absolute atomic E-state index is 0.317. The van der Waals surface area contributed by atoms with Crippen LogP contribution >= 0.6 is 0 Å². The number of methoxy groups -OCH3 is 1. The minimum Gasteiger partial charge on any atom is -0.493 e. The molecule has 0 spiro atoms. The van der Waals surface area contributed by atoms with E-state index in [2.05, 4.69) is 5.48 Å². The van der Waals surface area contributed by atoms with Gasteiger partial charge in [-0.2, -0.15) is 0 Å². The lowest BCUT2D eigenvalue weighted by atomic mass is 10.2. The van der Waals surface area contributed by atoms with Crippen LogP contribution in [-0.2, 0) is 16.2 Å². The molecule has 1 N–H and O–H groups in total. The molecule has 0 aliphatic rings. The first-order chi connectivity index (χ1) is 11.7. The molecule has 0 atom stereocenters. The summed E-state index contributed by atoms with van der Waals surface area (Å²) in [6.07, 6.45) is 3.09. The molecule has 2 rings (SSSR count). The maximum Gasteiger partial charge on any atom is 0.267 e. The zero-order valence-corrected chi connectivity index (χ0v) is 13.8. The number of hydrogen-bond donors (Lipinski definition) is 1. The van der Waals surface area contributed by atoms with E-state index in [4.69, 9.17) is 14.3 Å². The second-order valence-electron chi connectivity index (χ2n) is 4.92. The molecule has 0 heterocycles. The van der Waals surface area contributed by atoms with Crippen molar-refractivity contribution in [3.63, 3.8) is 0 Å². The van der Waals surface area contributed by atoms with Gasteiger partial charge in [0.15, 0.2) is 11.5 Å². The van der Waals surface area contributed by atoms with E-state index in [1.165, 1.54) is 6.08 Å². The fourth-order valence-corrected chi connectivity index (χ4v) is 2.04. The Hall–Kier alpha value is -2.79. The normalized spacial score (nSPS) is 10.6. The summed E-state index contributed by atoms with van der Waals surface area (Å²) in [6, 6.07) is 15.1. The van der Waals surface area contributed by atoms with Crippen LogP contribution in [0.25, 0.3) is 6.08 Å². The van der Waals surface area contributed by atoms with Crippen molar-refractivity contribution in [2.24, 2.45) is 0 Å². The molecule has 0 aliphatic carbocycles. The monoisotopic (exact) mass is 327 g/mol. The zero-order valence-electron chi connectivity index (χ0n) is 13.8. The van der Waals surface area contributed by atoms with Gasteiger partial charge in [-0.1, -0.05) is 36.4 Å². The van der Waals surface area contributed by atoms with Crippen LogP contribution in [0, 0.1) is 0 Å². The molecular formula is C19H21NO4. The predicted molar refractivity (Wildman–Crippen MR) is 92.6 cm³/mol. The molecule has 0 saturated heterocycles. The number of carbonyl (C=O) groups excluding carboxylic acids is 1. The highest BCUT2D eigenvalue weighted by Gasteiger charge is 2.04.